The van der Waals surface area contributed by atoms with E-state index in [1.165, 1.54) is 24.4 Å². The van der Waals surface area contributed by atoms with Crippen LogP contribution in [0.2, 0.25) is 5.02 Å². The molecule has 0 atom stereocenters. The fourth-order valence-electron chi connectivity index (χ4n) is 3.32. The molecule has 1 N–H and O–H groups in total. The number of non-ortho nitro benzene ring substituents is 1. The van der Waals surface area contributed by atoms with E-state index < -0.39 is 10.8 Å². The van der Waals surface area contributed by atoms with Crippen molar-refractivity contribution in [1.29, 1.82) is 0 Å². The van der Waals surface area contributed by atoms with Crippen LogP contribution >= 0.6 is 22.9 Å². The van der Waals surface area contributed by atoms with Gasteiger partial charge in [0.1, 0.15) is 17.1 Å². The SMILES string of the molecule is O=C(Nc1cc(Oc2ccc(Cl)cc2)cc([N+](=O)[O-])c1)c1cnn2c(-c3cccs3)ccnc12. The molecule has 0 unspecified atom stereocenters. The number of nitro benzene ring substituents is 1. The molecule has 0 radical (unpaired) electrons. The molecule has 3 heterocycles. The Morgan fingerprint density at radius 2 is 1.94 bits per heavy atom. The number of hydrogen-bond acceptors (Lipinski definition) is 7. The van der Waals surface area contributed by atoms with Gasteiger partial charge in [-0.2, -0.15) is 5.10 Å². The summed E-state index contributed by atoms with van der Waals surface area (Å²) in [5.74, 6) is 0.115. The van der Waals surface area contributed by atoms with E-state index in [1.807, 2.05) is 23.6 Å². The van der Waals surface area contributed by atoms with Gasteiger partial charge < -0.3 is 10.1 Å². The predicted octanol–water partition coefficient (Wildman–Crippen LogP) is 6.06. The van der Waals surface area contributed by atoms with E-state index in [0.29, 0.717) is 16.4 Å². The van der Waals surface area contributed by atoms with E-state index in [4.69, 9.17) is 16.3 Å². The molecule has 1 amide bonds. The van der Waals surface area contributed by atoms with Crippen LogP contribution in [0.15, 0.2) is 78.4 Å². The second kappa shape index (κ2) is 8.93. The maximum Gasteiger partial charge on any atom is 0.275 e. The van der Waals surface area contributed by atoms with Crippen molar-refractivity contribution in [3.8, 4) is 22.1 Å². The van der Waals surface area contributed by atoms with Crippen LogP contribution in [0.3, 0.4) is 0 Å². The number of nitrogens with zero attached hydrogens (tertiary/aromatic N) is 4. The van der Waals surface area contributed by atoms with Gasteiger partial charge in [0.05, 0.1) is 33.4 Å². The van der Waals surface area contributed by atoms with Crippen molar-refractivity contribution in [1.82, 2.24) is 14.6 Å². The minimum Gasteiger partial charge on any atom is -0.457 e. The number of aromatic nitrogens is 3. The van der Waals surface area contributed by atoms with Crippen LogP contribution in [0.5, 0.6) is 11.5 Å². The van der Waals surface area contributed by atoms with Crippen LogP contribution in [-0.4, -0.2) is 25.4 Å². The number of fused-ring (bicyclic) bond motifs is 1. The molecule has 0 saturated carbocycles. The number of hydrogen-bond donors (Lipinski definition) is 1. The molecule has 168 valence electrons. The maximum atomic E-state index is 13.0. The van der Waals surface area contributed by atoms with Crippen molar-refractivity contribution >= 4 is 45.9 Å². The summed E-state index contributed by atoms with van der Waals surface area (Å²) in [6.45, 7) is 0. The first-order valence-corrected chi connectivity index (χ1v) is 11.1. The van der Waals surface area contributed by atoms with Gasteiger partial charge >= 0.3 is 0 Å². The zero-order valence-electron chi connectivity index (χ0n) is 17.2. The zero-order valence-corrected chi connectivity index (χ0v) is 18.8. The number of benzene rings is 2. The highest BCUT2D eigenvalue weighted by Crippen LogP contribution is 2.31. The van der Waals surface area contributed by atoms with Gasteiger partial charge in [-0.25, -0.2) is 9.50 Å². The summed E-state index contributed by atoms with van der Waals surface area (Å²) in [4.78, 5) is 29.2. The first-order valence-electron chi connectivity index (χ1n) is 9.89. The smallest absolute Gasteiger partial charge is 0.275 e. The molecule has 9 nitrogen and oxygen atoms in total. The maximum absolute atomic E-state index is 13.0. The summed E-state index contributed by atoms with van der Waals surface area (Å²) >= 11 is 7.43. The van der Waals surface area contributed by atoms with E-state index in [2.05, 4.69) is 15.4 Å². The fourth-order valence-corrected chi connectivity index (χ4v) is 4.18. The average molecular weight is 492 g/mol. The van der Waals surface area contributed by atoms with Crippen LogP contribution in [0.25, 0.3) is 16.2 Å². The molecule has 2 aromatic carbocycles. The molecule has 0 aliphatic rings. The Morgan fingerprint density at radius 3 is 2.68 bits per heavy atom. The lowest BCUT2D eigenvalue weighted by Crippen LogP contribution is -2.12. The van der Waals surface area contributed by atoms with E-state index in [9.17, 15) is 14.9 Å². The number of nitrogens with one attached hydrogen (secondary N) is 1. The van der Waals surface area contributed by atoms with Gasteiger partial charge in [-0.1, -0.05) is 17.7 Å². The van der Waals surface area contributed by atoms with Crippen molar-refractivity contribution in [3.63, 3.8) is 0 Å². The van der Waals surface area contributed by atoms with E-state index >= 15 is 0 Å². The van der Waals surface area contributed by atoms with Crippen LogP contribution in [-0.2, 0) is 0 Å². The standard InChI is InChI=1S/C23H14ClN5O4S/c24-14-3-5-17(6-4-14)33-18-11-15(10-16(12-18)29(31)32)27-23(30)19-13-26-28-20(7-8-25-22(19)28)21-2-1-9-34-21/h1-13H,(H,27,30). The summed E-state index contributed by atoms with van der Waals surface area (Å²) in [5.41, 5.74) is 1.35. The second-order valence-electron chi connectivity index (χ2n) is 7.08. The van der Waals surface area contributed by atoms with Crippen molar-refractivity contribution in [2.24, 2.45) is 0 Å². The van der Waals surface area contributed by atoms with Crippen molar-refractivity contribution in [2.45, 2.75) is 0 Å². The van der Waals surface area contributed by atoms with Crippen LogP contribution in [0.1, 0.15) is 10.4 Å². The third kappa shape index (κ3) is 4.32. The topological polar surface area (TPSA) is 112 Å². The Bertz CT molecular complexity index is 1520. The molecule has 5 rings (SSSR count). The van der Waals surface area contributed by atoms with Gasteiger partial charge in [0.25, 0.3) is 11.6 Å². The van der Waals surface area contributed by atoms with Crippen LogP contribution in [0, 0.1) is 10.1 Å². The van der Waals surface area contributed by atoms with E-state index in [-0.39, 0.29) is 22.7 Å². The first kappa shape index (κ1) is 21.6. The van der Waals surface area contributed by atoms with E-state index in [1.54, 1.807) is 46.3 Å². The minimum absolute atomic E-state index is 0.185. The highest BCUT2D eigenvalue weighted by Gasteiger charge is 2.19. The molecule has 0 spiro atoms. The Balaban J connectivity index is 1.46. The zero-order chi connectivity index (χ0) is 23.7. The first-order chi connectivity index (χ1) is 16.5. The Labute approximate surface area is 201 Å². The van der Waals surface area contributed by atoms with Gasteiger partial charge in [-0.3, -0.25) is 14.9 Å². The summed E-state index contributed by atoms with van der Waals surface area (Å²) in [7, 11) is 0. The number of ether oxygens (including phenoxy) is 1. The number of amides is 1. The van der Waals surface area contributed by atoms with Crippen molar-refractivity contribution in [2.75, 3.05) is 5.32 Å². The number of thiophene rings is 1. The van der Waals surface area contributed by atoms with Gasteiger partial charge in [0, 0.05) is 23.4 Å². The summed E-state index contributed by atoms with van der Waals surface area (Å²) in [6, 6.07) is 16.3. The molecule has 34 heavy (non-hydrogen) atoms. The highest BCUT2D eigenvalue weighted by molar-refractivity contribution is 7.13. The highest BCUT2D eigenvalue weighted by atomic mass is 35.5. The van der Waals surface area contributed by atoms with Gasteiger partial charge in [-0.15, -0.1) is 11.3 Å². The molecule has 3 aromatic heterocycles. The summed E-state index contributed by atoms with van der Waals surface area (Å²) < 4.78 is 7.31. The lowest BCUT2D eigenvalue weighted by atomic mass is 10.2. The van der Waals surface area contributed by atoms with Crippen LogP contribution < -0.4 is 10.1 Å². The number of carbonyl (C=O) groups is 1. The Morgan fingerprint density at radius 1 is 1.12 bits per heavy atom. The summed E-state index contributed by atoms with van der Waals surface area (Å²) in [5, 5.41) is 20.9. The van der Waals surface area contributed by atoms with Gasteiger partial charge in [0.15, 0.2) is 5.65 Å². The van der Waals surface area contributed by atoms with Crippen LogP contribution in [0.4, 0.5) is 11.4 Å². The second-order valence-corrected chi connectivity index (χ2v) is 8.47. The Hall–Kier alpha value is -4.28. The lowest BCUT2D eigenvalue weighted by molar-refractivity contribution is -0.384. The molecular formula is C23H14ClN5O4S. The van der Waals surface area contributed by atoms with Gasteiger partial charge in [-0.05, 0) is 41.8 Å². The van der Waals surface area contributed by atoms with E-state index in [0.717, 1.165) is 10.6 Å². The molecule has 0 fully saturated rings. The molecule has 5 aromatic rings. The number of anilines is 1. The molecule has 0 saturated heterocycles. The quantitative estimate of drug-likeness (QED) is 0.228. The predicted molar refractivity (Wildman–Crippen MR) is 129 cm³/mol. The van der Waals surface area contributed by atoms with Crippen molar-refractivity contribution in [3.05, 3.63) is 99.1 Å². The average Bonchev–Trinajstić information content (AvgIpc) is 3.50. The third-order valence-corrected chi connectivity index (χ3v) is 5.97. The number of nitro groups is 1. The molecular weight excluding hydrogens is 478 g/mol. The van der Waals surface area contributed by atoms with Crippen molar-refractivity contribution < 1.29 is 14.5 Å². The number of rotatable bonds is 6. The normalized spacial score (nSPS) is 10.9. The largest absolute Gasteiger partial charge is 0.457 e. The molecule has 0 bridgehead atoms. The summed E-state index contributed by atoms with van der Waals surface area (Å²) in [6.07, 6.45) is 3.02. The molecule has 0 aliphatic carbocycles. The van der Waals surface area contributed by atoms with Gasteiger partial charge in [0.2, 0.25) is 0 Å². The Kier molecular flexibility index (Phi) is 5.66. The lowest BCUT2D eigenvalue weighted by Gasteiger charge is -2.09. The molecule has 0 aliphatic heterocycles. The number of carbonyl (C=O) groups excluding carboxylic acids is 1. The fraction of sp³-hybridized carbons (Fsp3) is 0. The minimum atomic E-state index is -0.561. The number of halogens is 1. The molecule has 11 heteroatoms. The third-order valence-electron chi connectivity index (χ3n) is 4.83. The monoisotopic (exact) mass is 491 g/mol.